The Labute approximate surface area is 123 Å². The van der Waals surface area contributed by atoms with Gasteiger partial charge in [-0.1, -0.05) is 18.2 Å². The SMILES string of the molecule is C=CCN(CC(=O)O)C(=O)N1CCN(C)c2ccccc21. The summed E-state index contributed by atoms with van der Waals surface area (Å²) in [5.41, 5.74) is 1.77. The molecule has 1 heterocycles. The highest BCUT2D eigenvalue weighted by Gasteiger charge is 2.28. The van der Waals surface area contributed by atoms with E-state index >= 15 is 0 Å². The fraction of sp³-hybridized carbons (Fsp3) is 0.333. The van der Waals surface area contributed by atoms with Crippen LogP contribution in [-0.4, -0.2) is 55.2 Å². The molecule has 0 aromatic heterocycles. The largest absolute Gasteiger partial charge is 0.480 e. The lowest BCUT2D eigenvalue weighted by Gasteiger charge is -2.37. The molecule has 0 radical (unpaired) electrons. The number of para-hydroxylation sites is 2. The van der Waals surface area contributed by atoms with Gasteiger partial charge in [0, 0.05) is 26.7 Å². The molecule has 1 aromatic carbocycles. The molecule has 1 aliphatic heterocycles. The zero-order chi connectivity index (χ0) is 15.4. The molecule has 1 N–H and O–H groups in total. The van der Waals surface area contributed by atoms with Crippen molar-refractivity contribution in [2.75, 3.05) is 43.0 Å². The number of carbonyl (C=O) groups excluding carboxylic acids is 1. The van der Waals surface area contributed by atoms with Crippen LogP contribution < -0.4 is 9.80 Å². The minimum Gasteiger partial charge on any atom is -0.480 e. The molecule has 0 unspecified atom stereocenters. The van der Waals surface area contributed by atoms with Crippen LogP contribution in [0.2, 0.25) is 0 Å². The standard InChI is InChI=1S/C15H19N3O3/c1-3-8-17(11-14(19)20)15(21)18-10-9-16(2)12-6-4-5-7-13(12)18/h3-7H,1,8-11H2,2H3,(H,19,20). The third kappa shape index (κ3) is 3.16. The molecule has 0 atom stereocenters. The Kier molecular flexibility index (Phi) is 4.47. The molecule has 6 nitrogen and oxygen atoms in total. The van der Waals surface area contributed by atoms with Crippen LogP contribution in [0.4, 0.5) is 16.2 Å². The monoisotopic (exact) mass is 289 g/mol. The maximum absolute atomic E-state index is 12.6. The van der Waals surface area contributed by atoms with Crippen LogP contribution in [-0.2, 0) is 4.79 Å². The van der Waals surface area contributed by atoms with Crippen LogP contribution >= 0.6 is 0 Å². The quantitative estimate of drug-likeness (QED) is 0.856. The average molecular weight is 289 g/mol. The summed E-state index contributed by atoms with van der Waals surface area (Å²) in [5.74, 6) is -1.03. The van der Waals surface area contributed by atoms with Gasteiger partial charge in [0.05, 0.1) is 11.4 Å². The van der Waals surface area contributed by atoms with Gasteiger partial charge in [0.1, 0.15) is 6.54 Å². The van der Waals surface area contributed by atoms with E-state index in [0.717, 1.165) is 11.4 Å². The van der Waals surface area contributed by atoms with Crippen molar-refractivity contribution in [2.45, 2.75) is 0 Å². The average Bonchev–Trinajstić information content (AvgIpc) is 2.46. The molecule has 6 heteroatoms. The number of carboxylic acids is 1. The number of urea groups is 1. The number of rotatable bonds is 4. The summed E-state index contributed by atoms with van der Waals surface area (Å²) in [6.07, 6.45) is 1.53. The fourth-order valence-corrected chi connectivity index (χ4v) is 2.40. The second-order valence-corrected chi connectivity index (χ2v) is 4.91. The number of likely N-dealkylation sites (N-methyl/N-ethyl adjacent to an activating group) is 1. The molecule has 0 aliphatic carbocycles. The van der Waals surface area contributed by atoms with Crippen LogP contribution in [0.15, 0.2) is 36.9 Å². The minimum atomic E-state index is -1.03. The molecule has 2 amide bonds. The minimum absolute atomic E-state index is 0.208. The molecular weight excluding hydrogens is 270 g/mol. The number of anilines is 2. The van der Waals surface area contributed by atoms with Gasteiger partial charge < -0.3 is 14.9 Å². The second-order valence-electron chi connectivity index (χ2n) is 4.91. The maximum Gasteiger partial charge on any atom is 0.325 e. The third-order valence-electron chi connectivity index (χ3n) is 3.42. The lowest BCUT2D eigenvalue weighted by atomic mass is 10.2. The summed E-state index contributed by atoms with van der Waals surface area (Å²) < 4.78 is 0. The first-order valence-corrected chi connectivity index (χ1v) is 6.74. The normalized spacial score (nSPS) is 13.6. The Morgan fingerprint density at radius 1 is 1.33 bits per heavy atom. The Morgan fingerprint density at radius 3 is 2.62 bits per heavy atom. The predicted molar refractivity (Wildman–Crippen MR) is 81.9 cm³/mol. The van der Waals surface area contributed by atoms with Gasteiger partial charge in [-0.15, -0.1) is 6.58 Å². The molecule has 0 saturated heterocycles. The van der Waals surface area contributed by atoms with E-state index in [0.29, 0.717) is 13.1 Å². The highest BCUT2D eigenvalue weighted by molar-refractivity contribution is 5.98. The van der Waals surface area contributed by atoms with Crippen molar-refractivity contribution >= 4 is 23.4 Å². The number of amides is 2. The van der Waals surface area contributed by atoms with Crippen molar-refractivity contribution < 1.29 is 14.7 Å². The molecule has 0 fully saturated rings. The zero-order valence-corrected chi connectivity index (χ0v) is 12.0. The zero-order valence-electron chi connectivity index (χ0n) is 12.0. The number of aliphatic carboxylic acids is 1. The Bertz CT molecular complexity index is 559. The molecular formula is C15H19N3O3. The smallest absolute Gasteiger partial charge is 0.325 e. The summed E-state index contributed by atoms with van der Waals surface area (Å²) in [6, 6.07) is 7.30. The summed E-state index contributed by atoms with van der Waals surface area (Å²) >= 11 is 0. The fourth-order valence-electron chi connectivity index (χ4n) is 2.40. The molecule has 2 rings (SSSR count). The van der Waals surface area contributed by atoms with E-state index in [-0.39, 0.29) is 19.1 Å². The van der Waals surface area contributed by atoms with Crippen molar-refractivity contribution in [3.05, 3.63) is 36.9 Å². The van der Waals surface area contributed by atoms with E-state index in [1.54, 1.807) is 4.90 Å². The lowest BCUT2D eigenvalue weighted by Crippen LogP contribution is -2.50. The lowest BCUT2D eigenvalue weighted by molar-refractivity contribution is -0.137. The van der Waals surface area contributed by atoms with Gasteiger partial charge in [-0.3, -0.25) is 9.69 Å². The topological polar surface area (TPSA) is 64.1 Å². The molecule has 0 spiro atoms. The molecule has 21 heavy (non-hydrogen) atoms. The Hall–Kier alpha value is -2.50. The number of carbonyl (C=O) groups is 2. The van der Waals surface area contributed by atoms with E-state index in [1.165, 1.54) is 11.0 Å². The summed E-state index contributed by atoms with van der Waals surface area (Å²) in [5, 5.41) is 8.94. The van der Waals surface area contributed by atoms with E-state index in [9.17, 15) is 9.59 Å². The Morgan fingerprint density at radius 2 is 2.00 bits per heavy atom. The second kappa shape index (κ2) is 6.30. The van der Waals surface area contributed by atoms with Gasteiger partial charge >= 0.3 is 12.0 Å². The number of fused-ring (bicyclic) bond motifs is 1. The first kappa shape index (κ1) is 14.9. The molecule has 0 saturated carbocycles. The van der Waals surface area contributed by atoms with E-state index in [1.807, 2.05) is 31.3 Å². The third-order valence-corrected chi connectivity index (χ3v) is 3.42. The first-order valence-electron chi connectivity index (χ1n) is 6.74. The number of benzene rings is 1. The van der Waals surface area contributed by atoms with E-state index in [4.69, 9.17) is 5.11 Å². The van der Waals surface area contributed by atoms with Gasteiger partial charge in [-0.05, 0) is 12.1 Å². The molecule has 0 bridgehead atoms. The van der Waals surface area contributed by atoms with Crippen molar-refractivity contribution in [1.82, 2.24) is 4.90 Å². The predicted octanol–water partition coefficient (Wildman–Crippen LogP) is 1.64. The van der Waals surface area contributed by atoms with Crippen molar-refractivity contribution in [1.29, 1.82) is 0 Å². The highest BCUT2D eigenvalue weighted by atomic mass is 16.4. The first-order chi connectivity index (χ1) is 10.0. The van der Waals surface area contributed by atoms with Crippen molar-refractivity contribution in [2.24, 2.45) is 0 Å². The Balaban J connectivity index is 2.28. The summed E-state index contributed by atoms with van der Waals surface area (Å²) in [4.78, 5) is 28.5. The van der Waals surface area contributed by atoms with Crippen molar-refractivity contribution in [3.8, 4) is 0 Å². The molecule has 112 valence electrons. The van der Waals surface area contributed by atoms with Crippen LogP contribution in [0.1, 0.15) is 0 Å². The van der Waals surface area contributed by atoms with E-state index in [2.05, 4.69) is 11.5 Å². The number of nitrogens with zero attached hydrogens (tertiary/aromatic N) is 3. The van der Waals surface area contributed by atoms with Gasteiger partial charge in [-0.25, -0.2) is 4.79 Å². The molecule has 1 aliphatic rings. The summed E-state index contributed by atoms with van der Waals surface area (Å²) in [6.45, 7) is 4.69. The van der Waals surface area contributed by atoms with Crippen LogP contribution in [0.25, 0.3) is 0 Å². The van der Waals surface area contributed by atoms with Gasteiger partial charge in [0.25, 0.3) is 0 Å². The van der Waals surface area contributed by atoms with Gasteiger partial charge in [-0.2, -0.15) is 0 Å². The van der Waals surface area contributed by atoms with E-state index < -0.39 is 5.97 Å². The highest BCUT2D eigenvalue weighted by Crippen LogP contribution is 2.32. The number of carboxylic acid groups (broad SMARTS) is 1. The number of hydrogen-bond donors (Lipinski definition) is 1. The maximum atomic E-state index is 12.6. The van der Waals surface area contributed by atoms with Crippen LogP contribution in [0, 0.1) is 0 Å². The van der Waals surface area contributed by atoms with Gasteiger partial charge in [0.15, 0.2) is 0 Å². The number of hydrogen-bond acceptors (Lipinski definition) is 3. The molecule has 1 aromatic rings. The van der Waals surface area contributed by atoms with Crippen LogP contribution in [0.3, 0.4) is 0 Å². The van der Waals surface area contributed by atoms with Gasteiger partial charge in [0.2, 0.25) is 0 Å². The summed E-state index contributed by atoms with van der Waals surface area (Å²) in [7, 11) is 1.97. The van der Waals surface area contributed by atoms with Crippen LogP contribution in [0.5, 0.6) is 0 Å². The van der Waals surface area contributed by atoms with Crippen molar-refractivity contribution in [3.63, 3.8) is 0 Å².